The third-order valence-corrected chi connectivity index (χ3v) is 6.09. The highest BCUT2D eigenvalue weighted by atomic mass is 35.5. The Bertz CT molecular complexity index is 998. The molecule has 0 radical (unpaired) electrons. The summed E-state index contributed by atoms with van der Waals surface area (Å²) in [5.41, 5.74) is 0.764. The largest absolute Gasteiger partial charge is 0.390 e. The van der Waals surface area contributed by atoms with E-state index in [9.17, 15) is 9.32 Å². The van der Waals surface area contributed by atoms with Crippen molar-refractivity contribution in [2.75, 3.05) is 4.72 Å². The van der Waals surface area contributed by atoms with E-state index in [4.69, 9.17) is 16.9 Å². The predicted molar refractivity (Wildman–Crippen MR) is 100 cm³/mol. The van der Waals surface area contributed by atoms with Gasteiger partial charge in [-0.1, -0.05) is 11.6 Å². The molecule has 130 valence electrons. The lowest BCUT2D eigenvalue weighted by atomic mass is 10.1. The molecule has 0 aliphatic heterocycles. The van der Waals surface area contributed by atoms with Crippen molar-refractivity contribution < 1.29 is 9.32 Å². The van der Waals surface area contributed by atoms with Crippen molar-refractivity contribution in [2.24, 2.45) is 0 Å². The zero-order valence-corrected chi connectivity index (χ0v) is 15.8. The van der Waals surface area contributed by atoms with Gasteiger partial charge in [-0.05, 0) is 26.0 Å². The maximum Gasteiger partial charge on any atom is 0.162 e. The van der Waals surface area contributed by atoms with Gasteiger partial charge in [0.25, 0.3) is 0 Å². The number of nitriles is 1. The molecule has 2 heterocycles. The first kappa shape index (κ1) is 17.9. The van der Waals surface area contributed by atoms with Crippen LogP contribution in [-0.2, 0) is 17.4 Å². The molecule has 0 amide bonds. The van der Waals surface area contributed by atoms with E-state index in [1.807, 2.05) is 0 Å². The van der Waals surface area contributed by atoms with Crippen LogP contribution in [0.15, 0.2) is 28.7 Å². The van der Waals surface area contributed by atoms with Crippen LogP contribution in [0, 0.1) is 11.3 Å². The first-order valence-electron chi connectivity index (χ1n) is 7.33. The average molecular weight is 395 g/mol. The molecule has 0 aliphatic rings. The summed E-state index contributed by atoms with van der Waals surface area (Å²) in [4.78, 5) is 7.20. The first-order chi connectivity index (χ1) is 11.8. The van der Waals surface area contributed by atoms with Crippen molar-refractivity contribution in [1.82, 2.24) is 9.97 Å². The van der Waals surface area contributed by atoms with Crippen LogP contribution in [0.3, 0.4) is 0 Å². The van der Waals surface area contributed by atoms with Gasteiger partial charge in [-0.2, -0.15) is 5.26 Å². The number of rotatable bonds is 5. The number of nitrogens with one attached hydrogen (secondary N) is 2. The van der Waals surface area contributed by atoms with Crippen molar-refractivity contribution in [2.45, 2.75) is 30.1 Å². The number of hydrogen-bond acceptors (Lipinski definition) is 5. The minimum Gasteiger partial charge on any atom is -0.390 e. The zero-order valence-electron chi connectivity index (χ0n) is 13.5. The third-order valence-electron chi connectivity index (χ3n) is 3.41. The summed E-state index contributed by atoms with van der Waals surface area (Å²) in [6, 6.07) is 5.44. The number of aromatic nitrogens is 2. The molecular formula is C16H15ClN4O2S2. The highest BCUT2D eigenvalue weighted by molar-refractivity contribution is 7.88. The number of nitrogens with zero attached hydrogens (tertiary/aromatic N) is 2. The van der Waals surface area contributed by atoms with Crippen LogP contribution in [-0.4, -0.2) is 24.9 Å². The molecule has 25 heavy (non-hydrogen) atoms. The Balaban J connectivity index is 1.87. The Morgan fingerprint density at radius 3 is 2.96 bits per heavy atom. The monoisotopic (exact) mass is 394 g/mol. The van der Waals surface area contributed by atoms with Gasteiger partial charge in [0.05, 0.1) is 38.6 Å². The van der Waals surface area contributed by atoms with Gasteiger partial charge in [-0.25, -0.2) is 9.19 Å². The zero-order chi connectivity index (χ0) is 18.2. The summed E-state index contributed by atoms with van der Waals surface area (Å²) in [6.45, 7) is 3.40. The fourth-order valence-electron chi connectivity index (χ4n) is 2.36. The van der Waals surface area contributed by atoms with Gasteiger partial charge < -0.3 is 10.1 Å². The van der Waals surface area contributed by atoms with Crippen LogP contribution in [0.1, 0.15) is 24.4 Å². The summed E-state index contributed by atoms with van der Waals surface area (Å²) in [6.07, 6.45) is 3.50. The number of thiazole rings is 1. The number of aliphatic hydroxyl groups is 1. The smallest absolute Gasteiger partial charge is 0.162 e. The van der Waals surface area contributed by atoms with Gasteiger partial charge in [-0.3, -0.25) is 4.72 Å². The SMILES string of the molecule is CC(C)(O)Cc1ncc(S(=O)Nc2ccc(Cl)c3c(C#N)c[nH]c23)s1. The highest BCUT2D eigenvalue weighted by Crippen LogP contribution is 2.33. The summed E-state index contributed by atoms with van der Waals surface area (Å²) < 4.78 is 16.1. The minimum atomic E-state index is -1.52. The molecule has 3 aromatic rings. The standard InChI is InChI=1S/C16H15ClN4O2S2/c1-16(2,22)5-12-19-8-13(24-12)25(23)21-11-4-3-10(17)14-9(6-18)7-20-15(11)14/h3-4,7-8,20-22H,5H2,1-2H3. The van der Waals surface area contributed by atoms with E-state index in [0.29, 0.717) is 42.8 Å². The van der Waals surface area contributed by atoms with Gasteiger partial charge in [0.1, 0.15) is 10.3 Å². The van der Waals surface area contributed by atoms with Crippen molar-refractivity contribution in [3.8, 4) is 6.07 Å². The minimum absolute atomic E-state index is 0.391. The van der Waals surface area contributed by atoms with Crippen LogP contribution < -0.4 is 4.72 Å². The Kier molecular flexibility index (Phi) is 4.84. The average Bonchev–Trinajstić information content (AvgIpc) is 3.15. The molecule has 1 aromatic carbocycles. The molecule has 1 unspecified atom stereocenters. The summed E-state index contributed by atoms with van der Waals surface area (Å²) in [7, 11) is -1.52. The Labute approximate surface area is 156 Å². The second-order valence-electron chi connectivity index (χ2n) is 6.09. The van der Waals surface area contributed by atoms with E-state index >= 15 is 0 Å². The molecule has 1 atom stereocenters. The molecule has 0 saturated carbocycles. The fraction of sp³-hybridized carbons (Fsp3) is 0.250. The number of fused-ring (bicyclic) bond motifs is 1. The molecule has 0 aliphatic carbocycles. The fourth-order valence-corrected chi connectivity index (χ4v) is 4.82. The topological polar surface area (TPSA) is 102 Å². The van der Waals surface area contributed by atoms with E-state index < -0.39 is 16.6 Å². The van der Waals surface area contributed by atoms with Crippen molar-refractivity contribution in [1.29, 1.82) is 5.26 Å². The number of benzene rings is 1. The highest BCUT2D eigenvalue weighted by Gasteiger charge is 2.19. The lowest BCUT2D eigenvalue weighted by Gasteiger charge is -2.14. The second kappa shape index (κ2) is 6.77. The van der Waals surface area contributed by atoms with Crippen LogP contribution in [0.5, 0.6) is 0 Å². The van der Waals surface area contributed by atoms with Gasteiger partial charge in [0.2, 0.25) is 0 Å². The van der Waals surface area contributed by atoms with Crippen LogP contribution in [0.4, 0.5) is 5.69 Å². The van der Waals surface area contributed by atoms with Crippen LogP contribution in [0.2, 0.25) is 5.02 Å². The second-order valence-corrected chi connectivity index (χ2v) is 9.05. The summed E-state index contributed by atoms with van der Waals surface area (Å²) >= 11 is 7.45. The normalized spacial score (nSPS) is 12.9. The van der Waals surface area contributed by atoms with Gasteiger partial charge in [0, 0.05) is 18.0 Å². The number of aromatic amines is 1. The van der Waals surface area contributed by atoms with Crippen molar-refractivity contribution >= 4 is 50.5 Å². The predicted octanol–water partition coefficient (Wildman–Crippen LogP) is 3.60. The molecule has 0 bridgehead atoms. The molecular weight excluding hydrogens is 380 g/mol. The number of H-pyrrole nitrogens is 1. The van der Waals surface area contributed by atoms with Crippen LogP contribution in [0.25, 0.3) is 10.9 Å². The molecule has 0 saturated heterocycles. The maximum atomic E-state index is 12.6. The Hall–Kier alpha value is -1.92. The van der Waals surface area contributed by atoms with Crippen molar-refractivity contribution in [3.63, 3.8) is 0 Å². The molecule has 9 heteroatoms. The van der Waals surface area contributed by atoms with E-state index in [2.05, 4.69) is 20.8 Å². The van der Waals surface area contributed by atoms with Crippen LogP contribution >= 0.6 is 22.9 Å². The summed E-state index contributed by atoms with van der Waals surface area (Å²) in [5, 5.41) is 20.8. The van der Waals surface area contributed by atoms with Gasteiger partial charge in [0.15, 0.2) is 11.0 Å². The first-order valence-corrected chi connectivity index (χ1v) is 9.68. The van der Waals surface area contributed by atoms with E-state index in [1.54, 1.807) is 32.2 Å². The van der Waals surface area contributed by atoms with Gasteiger partial charge >= 0.3 is 0 Å². The van der Waals surface area contributed by atoms with Gasteiger partial charge in [-0.15, -0.1) is 11.3 Å². The Morgan fingerprint density at radius 1 is 1.52 bits per heavy atom. The van der Waals surface area contributed by atoms with Crippen molar-refractivity contribution in [3.05, 3.63) is 40.1 Å². The molecule has 0 spiro atoms. The molecule has 0 fully saturated rings. The number of halogens is 1. The number of hydrogen-bond donors (Lipinski definition) is 3. The van der Waals surface area contributed by atoms with E-state index in [0.717, 1.165) is 0 Å². The molecule has 3 N–H and O–H groups in total. The number of anilines is 1. The van der Waals surface area contributed by atoms with E-state index in [-0.39, 0.29) is 0 Å². The Morgan fingerprint density at radius 2 is 2.28 bits per heavy atom. The van der Waals surface area contributed by atoms with E-state index in [1.165, 1.54) is 17.5 Å². The molecule has 2 aromatic heterocycles. The molecule has 3 rings (SSSR count). The molecule has 6 nitrogen and oxygen atoms in total. The lowest BCUT2D eigenvalue weighted by Crippen LogP contribution is -2.21. The maximum absolute atomic E-state index is 12.6. The summed E-state index contributed by atoms with van der Waals surface area (Å²) in [5.74, 6) is 0. The quantitative estimate of drug-likeness (QED) is 0.615. The third kappa shape index (κ3) is 3.85. The lowest BCUT2D eigenvalue weighted by molar-refractivity contribution is 0.0809.